The summed E-state index contributed by atoms with van der Waals surface area (Å²) in [5.41, 5.74) is 1.19. The molecule has 1 atom stereocenters. The minimum Gasteiger partial charge on any atom is -0.310 e. The second-order valence-corrected chi connectivity index (χ2v) is 5.16. The van der Waals surface area contributed by atoms with Gasteiger partial charge in [0.2, 0.25) is 0 Å². The smallest absolute Gasteiger partial charge is 0.0637 e. The number of halogens is 1. The number of rotatable bonds is 9. The molecule has 0 saturated carbocycles. The molecule has 18 heavy (non-hydrogen) atoms. The van der Waals surface area contributed by atoms with Gasteiger partial charge in [0.15, 0.2) is 0 Å². The van der Waals surface area contributed by atoms with Crippen LogP contribution in [0, 0.1) is 0 Å². The normalized spacial score (nSPS) is 12.6. The van der Waals surface area contributed by atoms with Crippen molar-refractivity contribution in [1.29, 1.82) is 0 Å². The minimum atomic E-state index is 0.373. The summed E-state index contributed by atoms with van der Waals surface area (Å²) in [6, 6.07) is 2.41. The van der Waals surface area contributed by atoms with Crippen molar-refractivity contribution in [2.45, 2.75) is 58.4 Å². The Kier molecular flexibility index (Phi) is 8.03. The lowest BCUT2D eigenvalue weighted by atomic mass is 10.0. The second kappa shape index (κ2) is 9.35. The molecule has 0 aliphatic rings. The van der Waals surface area contributed by atoms with Crippen LogP contribution in [0.25, 0.3) is 0 Å². The molecule has 0 spiro atoms. The van der Waals surface area contributed by atoms with Gasteiger partial charge in [-0.15, -0.1) is 0 Å². The third-order valence-corrected chi connectivity index (χ3v) is 3.48. The summed E-state index contributed by atoms with van der Waals surface area (Å²) >= 11 is 6.24. The number of unbranched alkanes of at least 4 members (excludes halogenated alkanes) is 3. The fourth-order valence-corrected chi connectivity index (χ4v) is 2.38. The van der Waals surface area contributed by atoms with Crippen molar-refractivity contribution in [1.82, 2.24) is 10.3 Å². The summed E-state index contributed by atoms with van der Waals surface area (Å²) in [4.78, 5) is 4.06. The average molecular weight is 269 g/mol. The quantitative estimate of drug-likeness (QED) is 0.654. The highest BCUT2D eigenvalue weighted by atomic mass is 35.5. The van der Waals surface area contributed by atoms with Crippen LogP contribution in [0.1, 0.15) is 64.0 Å². The van der Waals surface area contributed by atoms with Crippen LogP contribution in [-0.2, 0) is 0 Å². The Labute approximate surface area is 116 Å². The molecule has 0 saturated heterocycles. The average Bonchev–Trinajstić information content (AvgIpc) is 2.39. The molecule has 0 aromatic carbocycles. The first kappa shape index (κ1) is 15.5. The van der Waals surface area contributed by atoms with E-state index >= 15 is 0 Å². The van der Waals surface area contributed by atoms with Crippen molar-refractivity contribution in [2.24, 2.45) is 0 Å². The van der Waals surface area contributed by atoms with E-state index in [0.717, 1.165) is 24.4 Å². The van der Waals surface area contributed by atoms with Gasteiger partial charge in [-0.3, -0.25) is 4.98 Å². The summed E-state index contributed by atoms with van der Waals surface area (Å²) in [6.45, 7) is 5.47. The molecular formula is C15H25ClN2. The number of hydrogen-bond acceptors (Lipinski definition) is 2. The van der Waals surface area contributed by atoms with E-state index in [1.807, 2.05) is 12.3 Å². The van der Waals surface area contributed by atoms with Gasteiger partial charge in [-0.25, -0.2) is 0 Å². The summed E-state index contributed by atoms with van der Waals surface area (Å²) in [6.07, 6.45) is 11.0. The van der Waals surface area contributed by atoms with Crippen LogP contribution in [0.3, 0.4) is 0 Å². The van der Waals surface area contributed by atoms with Crippen molar-refractivity contribution >= 4 is 11.6 Å². The first-order valence-corrected chi connectivity index (χ1v) is 7.50. The van der Waals surface area contributed by atoms with Gasteiger partial charge in [-0.05, 0) is 31.0 Å². The highest BCUT2D eigenvalue weighted by molar-refractivity contribution is 6.31. The molecule has 3 heteroatoms. The number of nitrogens with one attached hydrogen (secondary N) is 1. The van der Waals surface area contributed by atoms with Crippen LogP contribution in [0.5, 0.6) is 0 Å². The zero-order valence-electron chi connectivity index (χ0n) is 11.6. The van der Waals surface area contributed by atoms with Gasteiger partial charge in [-0.2, -0.15) is 0 Å². The topological polar surface area (TPSA) is 24.9 Å². The molecule has 1 heterocycles. The lowest BCUT2D eigenvalue weighted by Crippen LogP contribution is -2.22. The number of aromatic nitrogens is 1. The van der Waals surface area contributed by atoms with Crippen LogP contribution in [0.15, 0.2) is 18.5 Å². The number of nitrogens with zero attached hydrogens (tertiary/aromatic N) is 1. The van der Waals surface area contributed by atoms with Gasteiger partial charge >= 0.3 is 0 Å². The molecule has 1 aromatic heterocycles. The van der Waals surface area contributed by atoms with Crippen molar-refractivity contribution in [2.75, 3.05) is 6.54 Å². The summed E-state index contributed by atoms with van der Waals surface area (Å²) < 4.78 is 0. The van der Waals surface area contributed by atoms with Crippen LogP contribution in [-0.4, -0.2) is 11.5 Å². The monoisotopic (exact) mass is 268 g/mol. The van der Waals surface area contributed by atoms with E-state index < -0.39 is 0 Å². The highest BCUT2D eigenvalue weighted by Gasteiger charge is 2.13. The van der Waals surface area contributed by atoms with E-state index in [1.165, 1.54) is 31.2 Å². The largest absolute Gasteiger partial charge is 0.310 e. The summed E-state index contributed by atoms with van der Waals surface area (Å²) in [7, 11) is 0. The Bertz CT molecular complexity index is 328. The Morgan fingerprint density at radius 1 is 1.22 bits per heavy atom. The lowest BCUT2D eigenvalue weighted by Gasteiger charge is -2.20. The van der Waals surface area contributed by atoms with E-state index in [2.05, 4.69) is 24.1 Å². The molecule has 1 rings (SSSR count). The van der Waals surface area contributed by atoms with Crippen molar-refractivity contribution in [3.63, 3.8) is 0 Å². The molecular weight excluding hydrogens is 244 g/mol. The van der Waals surface area contributed by atoms with Gasteiger partial charge in [0.05, 0.1) is 5.02 Å². The Hall–Kier alpha value is -0.600. The maximum absolute atomic E-state index is 6.24. The zero-order valence-corrected chi connectivity index (χ0v) is 12.3. The first-order chi connectivity index (χ1) is 8.79. The predicted molar refractivity (Wildman–Crippen MR) is 79.0 cm³/mol. The predicted octanol–water partition coefficient (Wildman–Crippen LogP) is 4.75. The van der Waals surface area contributed by atoms with Crippen molar-refractivity contribution in [3.8, 4) is 0 Å². The van der Waals surface area contributed by atoms with Crippen LogP contribution >= 0.6 is 11.6 Å². The molecule has 0 aliphatic heterocycles. The Morgan fingerprint density at radius 2 is 2.06 bits per heavy atom. The molecule has 1 unspecified atom stereocenters. The van der Waals surface area contributed by atoms with Crippen LogP contribution in [0.4, 0.5) is 0 Å². The molecule has 0 aliphatic carbocycles. The summed E-state index contributed by atoms with van der Waals surface area (Å²) in [5, 5.41) is 4.37. The Morgan fingerprint density at radius 3 is 2.72 bits per heavy atom. The molecule has 2 nitrogen and oxygen atoms in total. The highest BCUT2D eigenvalue weighted by Crippen LogP contribution is 2.26. The van der Waals surface area contributed by atoms with E-state index in [9.17, 15) is 0 Å². The fourth-order valence-electron chi connectivity index (χ4n) is 2.13. The molecule has 1 N–H and O–H groups in total. The molecule has 1 aromatic rings. The van der Waals surface area contributed by atoms with E-state index in [4.69, 9.17) is 11.6 Å². The van der Waals surface area contributed by atoms with E-state index in [-0.39, 0.29) is 0 Å². The fraction of sp³-hybridized carbons (Fsp3) is 0.667. The standard InChI is InChI=1S/C15H25ClN2/c1-3-5-6-7-8-15(18-10-4-2)13-9-11-17-12-14(13)16/h9,11-12,15,18H,3-8,10H2,1-2H3. The maximum Gasteiger partial charge on any atom is 0.0637 e. The number of pyridine rings is 1. The molecule has 0 fully saturated rings. The molecule has 0 amide bonds. The summed E-state index contributed by atoms with van der Waals surface area (Å²) in [5.74, 6) is 0. The van der Waals surface area contributed by atoms with Crippen molar-refractivity contribution < 1.29 is 0 Å². The lowest BCUT2D eigenvalue weighted by molar-refractivity contribution is 0.470. The van der Waals surface area contributed by atoms with E-state index in [0.29, 0.717) is 6.04 Å². The van der Waals surface area contributed by atoms with Gasteiger partial charge in [0, 0.05) is 18.4 Å². The van der Waals surface area contributed by atoms with Gasteiger partial charge < -0.3 is 5.32 Å². The third-order valence-electron chi connectivity index (χ3n) is 3.17. The minimum absolute atomic E-state index is 0.373. The van der Waals surface area contributed by atoms with Crippen LogP contribution < -0.4 is 5.32 Å². The van der Waals surface area contributed by atoms with Gasteiger partial charge in [-0.1, -0.05) is 51.1 Å². The Balaban J connectivity index is 2.57. The van der Waals surface area contributed by atoms with Gasteiger partial charge in [0.25, 0.3) is 0 Å². The number of hydrogen-bond donors (Lipinski definition) is 1. The zero-order chi connectivity index (χ0) is 13.2. The molecule has 102 valence electrons. The SMILES string of the molecule is CCCCCCC(NCCC)c1ccncc1Cl. The van der Waals surface area contributed by atoms with Gasteiger partial charge in [0.1, 0.15) is 0 Å². The molecule has 0 radical (unpaired) electrons. The maximum atomic E-state index is 6.24. The third kappa shape index (κ3) is 5.36. The van der Waals surface area contributed by atoms with E-state index in [1.54, 1.807) is 6.20 Å². The second-order valence-electron chi connectivity index (χ2n) is 4.75. The first-order valence-electron chi connectivity index (χ1n) is 7.12. The van der Waals surface area contributed by atoms with Crippen LogP contribution in [0.2, 0.25) is 5.02 Å². The molecule has 0 bridgehead atoms. The van der Waals surface area contributed by atoms with Crippen molar-refractivity contribution in [3.05, 3.63) is 29.0 Å².